The van der Waals surface area contributed by atoms with Crippen LogP contribution >= 0.6 is 0 Å². The highest BCUT2D eigenvalue weighted by Crippen LogP contribution is 2.17. The molecule has 0 aliphatic carbocycles. The van der Waals surface area contributed by atoms with Crippen molar-refractivity contribution in [1.82, 2.24) is 9.78 Å². The van der Waals surface area contributed by atoms with Crippen molar-refractivity contribution in [3.63, 3.8) is 0 Å². The molecule has 0 bridgehead atoms. The summed E-state index contributed by atoms with van der Waals surface area (Å²) < 4.78 is 2.05. The molecule has 2 aromatic rings. The minimum absolute atomic E-state index is 0.577. The first-order chi connectivity index (χ1) is 9.13. The van der Waals surface area contributed by atoms with Gasteiger partial charge in [-0.15, -0.1) is 0 Å². The molecule has 0 aliphatic rings. The van der Waals surface area contributed by atoms with E-state index in [1.807, 2.05) is 6.92 Å². The molecule has 19 heavy (non-hydrogen) atoms. The maximum atomic E-state index is 5.69. The van der Waals surface area contributed by atoms with E-state index in [9.17, 15) is 0 Å². The average molecular weight is 258 g/mol. The molecular weight excluding hydrogens is 236 g/mol. The molecule has 1 aromatic heterocycles. The van der Waals surface area contributed by atoms with Crippen molar-refractivity contribution in [2.24, 2.45) is 5.73 Å². The van der Waals surface area contributed by atoms with Crippen molar-refractivity contribution < 1.29 is 0 Å². The first kappa shape index (κ1) is 13.6. The van der Waals surface area contributed by atoms with E-state index >= 15 is 0 Å². The first-order valence-corrected chi connectivity index (χ1v) is 6.67. The van der Waals surface area contributed by atoms with Gasteiger partial charge >= 0.3 is 0 Å². The molecule has 4 heteroatoms. The normalized spacial score (nSPS) is 10.7. The highest BCUT2D eigenvalue weighted by atomic mass is 15.3. The van der Waals surface area contributed by atoms with Crippen LogP contribution in [-0.4, -0.2) is 16.8 Å². The number of nitrogens with zero attached hydrogens (tertiary/aromatic N) is 3. The number of aromatic nitrogens is 2. The van der Waals surface area contributed by atoms with Crippen LogP contribution in [0.5, 0.6) is 0 Å². The number of hydrogen-bond donors (Lipinski definition) is 1. The number of hydrogen-bond acceptors (Lipinski definition) is 3. The predicted molar refractivity (Wildman–Crippen MR) is 79.1 cm³/mol. The average Bonchev–Trinajstić information content (AvgIpc) is 2.78. The van der Waals surface area contributed by atoms with Crippen molar-refractivity contribution in [2.45, 2.75) is 33.5 Å². The van der Waals surface area contributed by atoms with Gasteiger partial charge in [0, 0.05) is 25.8 Å². The third-order valence-corrected chi connectivity index (χ3v) is 3.27. The summed E-state index contributed by atoms with van der Waals surface area (Å²) in [5.74, 6) is 0. The fourth-order valence-corrected chi connectivity index (χ4v) is 2.26. The first-order valence-electron chi connectivity index (χ1n) is 6.67. The van der Waals surface area contributed by atoms with Crippen LogP contribution in [0.25, 0.3) is 0 Å². The second-order valence-corrected chi connectivity index (χ2v) is 4.82. The smallest absolute Gasteiger partial charge is 0.0597 e. The van der Waals surface area contributed by atoms with Crippen LogP contribution in [0.1, 0.15) is 23.9 Å². The molecule has 0 atom stereocenters. The molecule has 0 saturated heterocycles. The van der Waals surface area contributed by atoms with Gasteiger partial charge in [0.15, 0.2) is 0 Å². The monoisotopic (exact) mass is 258 g/mol. The maximum Gasteiger partial charge on any atom is 0.0597 e. The lowest BCUT2D eigenvalue weighted by molar-refractivity contribution is 0.613. The number of nitrogens with two attached hydrogens (primary N) is 1. The molecule has 4 nitrogen and oxygen atoms in total. The number of anilines is 1. The van der Waals surface area contributed by atoms with Crippen LogP contribution < -0.4 is 10.6 Å². The largest absolute Gasteiger partial charge is 0.369 e. The lowest BCUT2D eigenvalue weighted by Gasteiger charge is -2.20. The number of benzene rings is 1. The lowest BCUT2D eigenvalue weighted by Crippen LogP contribution is -2.19. The molecule has 2 N–H and O–H groups in total. The van der Waals surface area contributed by atoms with E-state index in [-0.39, 0.29) is 0 Å². The zero-order valence-corrected chi connectivity index (χ0v) is 11.9. The zero-order chi connectivity index (χ0) is 13.8. The van der Waals surface area contributed by atoms with E-state index in [0.717, 1.165) is 24.3 Å². The van der Waals surface area contributed by atoms with Gasteiger partial charge < -0.3 is 10.6 Å². The van der Waals surface area contributed by atoms with Crippen LogP contribution in [0.2, 0.25) is 0 Å². The van der Waals surface area contributed by atoms with Gasteiger partial charge in [0.2, 0.25) is 0 Å². The second kappa shape index (κ2) is 5.89. The topological polar surface area (TPSA) is 47.1 Å². The van der Waals surface area contributed by atoms with Crippen molar-refractivity contribution in [3.8, 4) is 0 Å². The summed E-state index contributed by atoms with van der Waals surface area (Å²) in [5.41, 5.74) is 10.3. The van der Waals surface area contributed by atoms with Gasteiger partial charge in [0.05, 0.1) is 17.9 Å². The summed E-state index contributed by atoms with van der Waals surface area (Å²) in [6.07, 6.45) is 0. The minimum atomic E-state index is 0.577. The van der Waals surface area contributed by atoms with Crippen molar-refractivity contribution in [3.05, 3.63) is 47.3 Å². The Kier molecular flexibility index (Phi) is 4.22. The van der Waals surface area contributed by atoms with Crippen molar-refractivity contribution >= 4 is 5.69 Å². The van der Waals surface area contributed by atoms with Crippen LogP contribution in [-0.2, 0) is 19.6 Å². The van der Waals surface area contributed by atoms with Crippen LogP contribution in [0.15, 0.2) is 30.3 Å². The van der Waals surface area contributed by atoms with E-state index in [0.29, 0.717) is 6.54 Å². The summed E-state index contributed by atoms with van der Waals surface area (Å²) >= 11 is 0. The number of rotatable bonds is 5. The molecule has 0 saturated carbocycles. The molecule has 1 heterocycles. The van der Waals surface area contributed by atoms with E-state index in [1.54, 1.807) is 0 Å². The maximum absolute atomic E-state index is 5.69. The number of aryl methyl sites for hydroxylation is 2. The lowest BCUT2D eigenvalue weighted by atomic mass is 10.2. The summed E-state index contributed by atoms with van der Waals surface area (Å²) in [6.45, 7) is 6.48. The van der Waals surface area contributed by atoms with Crippen LogP contribution in [0, 0.1) is 6.92 Å². The molecule has 102 valence electrons. The van der Waals surface area contributed by atoms with Crippen LogP contribution in [0.4, 0.5) is 5.69 Å². The molecule has 1 aromatic carbocycles. The summed E-state index contributed by atoms with van der Waals surface area (Å²) in [7, 11) is 2.10. The van der Waals surface area contributed by atoms with Crippen LogP contribution in [0.3, 0.4) is 0 Å². The predicted octanol–water partition coefficient (Wildman–Crippen LogP) is 2.31. The fraction of sp³-hybridized carbons (Fsp3) is 0.400. The standard InChI is InChI=1S/C15H22N4/c1-4-19-15(8-12(2)17-19)11-18(3)14-7-5-6-13(9-14)10-16/h5-9H,4,10-11,16H2,1-3H3. The third kappa shape index (κ3) is 3.15. The third-order valence-electron chi connectivity index (χ3n) is 3.27. The Morgan fingerprint density at radius 3 is 2.79 bits per heavy atom. The molecule has 0 spiro atoms. The van der Waals surface area contributed by atoms with E-state index in [2.05, 4.69) is 59.0 Å². The van der Waals surface area contributed by atoms with Gasteiger partial charge in [-0.05, 0) is 37.6 Å². The molecular formula is C15H22N4. The van der Waals surface area contributed by atoms with E-state index in [1.165, 1.54) is 11.4 Å². The van der Waals surface area contributed by atoms with Crippen molar-refractivity contribution in [2.75, 3.05) is 11.9 Å². The molecule has 0 amide bonds. The Hall–Kier alpha value is -1.81. The summed E-state index contributed by atoms with van der Waals surface area (Å²) in [4.78, 5) is 2.22. The SMILES string of the molecule is CCn1nc(C)cc1CN(C)c1cccc(CN)c1. The Labute approximate surface area is 114 Å². The van der Waals surface area contributed by atoms with E-state index in [4.69, 9.17) is 5.73 Å². The highest BCUT2D eigenvalue weighted by Gasteiger charge is 2.08. The van der Waals surface area contributed by atoms with E-state index < -0.39 is 0 Å². The van der Waals surface area contributed by atoms with Gasteiger partial charge in [0.25, 0.3) is 0 Å². The second-order valence-electron chi connectivity index (χ2n) is 4.82. The Morgan fingerprint density at radius 1 is 1.32 bits per heavy atom. The quantitative estimate of drug-likeness (QED) is 0.895. The van der Waals surface area contributed by atoms with Gasteiger partial charge in [0.1, 0.15) is 0 Å². The molecule has 0 aliphatic heterocycles. The molecule has 0 unspecified atom stereocenters. The van der Waals surface area contributed by atoms with Crippen molar-refractivity contribution in [1.29, 1.82) is 0 Å². The summed E-state index contributed by atoms with van der Waals surface area (Å²) in [6, 6.07) is 10.5. The Balaban J connectivity index is 2.17. The molecule has 0 fully saturated rings. The zero-order valence-electron chi connectivity index (χ0n) is 11.9. The summed E-state index contributed by atoms with van der Waals surface area (Å²) in [5, 5.41) is 4.48. The Bertz CT molecular complexity index is 545. The highest BCUT2D eigenvalue weighted by molar-refractivity contribution is 5.48. The van der Waals surface area contributed by atoms with Gasteiger partial charge in [-0.3, -0.25) is 4.68 Å². The fourth-order valence-electron chi connectivity index (χ4n) is 2.26. The molecule has 2 rings (SSSR count). The van der Waals surface area contributed by atoms with Gasteiger partial charge in [-0.25, -0.2) is 0 Å². The van der Waals surface area contributed by atoms with Gasteiger partial charge in [-0.2, -0.15) is 5.10 Å². The Morgan fingerprint density at radius 2 is 2.11 bits per heavy atom. The minimum Gasteiger partial charge on any atom is -0.369 e. The van der Waals surface area contributed by atoms with Gasteiger partial charge in [-0.1, -0.05) is 12.1 Å². The molecule has 0 radical (unpaired) electrons.